The zero-order valence-electron chi connectivity index (χ0n) is 14.7. The highest BCUT2D eigenvalue weighted by atomic mass is 32.2. The molecule has 4 rings (SSSR count). The van der Waals surface area contributed by atoms with E-state index in [1.54, 1.807) is 18.9 Å². The first-order chi connectivity index (χ1) is 12.7. The predicted molar refractivity (Wildman–Crippen MR) is 117 cm³/mol. The van der Waals surface area contributed by atoms with Crippen molar-refractivity contribution in [3.63, 3.8) is 0 Å². The van der Waals surface area contributed by atoms with Gasteiger partial charge in [-0.2, -0.15) is 5.10 Å². The summed E-state index contributed by atoms with van der Waals surface area (Å²) in [6, 6.07) is 18.4. The van der Waals surface area contributed by atoms with E-state index in [1.807, 2.05) is 53.9 Å². The van der Waals surface area contributed by atoms with Gasteiger partial charge in [-0.15, -0.1) is 0 Å². The highest BCUT2D eigenvalue weighted by molar-refractivity contribution is 8.30. The molecule has 0 unspecified atom stereocenters. The third-order valence-corrected chi connectivity index (χ3v) is 8.03. The van der Waals surface area contributed by atoms with Crippen LogP contribution in [0.25, 0.3) is 0 Å². The third kappa shape index (κ3) is 3.41. The predicted octanol–water partition coefficient (Wildman–Crippen LogP) is 6.47. The second-order valence-corrected chi connectivity index (χ2v) is 9.48. The number of methoxy groups -OCH3 is 1. The number of para-hydroxylation sites is 1. The summed E-state index contributed by atoms with van der Waals surface area (Å²) in [6.07, 6.45) is 0. The molecule has 0 amide bonds. The molecule has 0 N–H and O–H groups in total. The number of allylic oxidation sites excluding steroid dienone is 2. The minimum Gasteiger partial charge on any atom is -0.497 e. The molecule has 0 fully saturated rings. The number of benzene rings is 2. The second kappa shape index (κ2) is 7.47. The Labute approximate surface area is 166 Å². The number of hydrogen-bond acceptors (Lipinski definition) is 6. The molecule has 0 saturated heterocycles. The van der Waals surface area contributed by atoms with E-state index in [0.717, 1.165) is 22.0 Å². The normalized spacial score (nSPS) is 17.2. The van der Waals surface area contributed by atoms with Crippen LogP contribution in [0.2, 0.25) is 0 Å². The van der Waals surface area contributed by atoms with Gasteiger partial charge in [0.1, 0.15) is 15.8 Å². The zero-order valence-corrected chi connectivity index (χ0v) is 17.2. The molecule has 2 aliphatic heterocycles. The van der Waals surface area contributed by atoms with Crippen molar-refractivity contribution < 1.29 is 4.74 Å². The molecule has 3 nitrogen and oxygen atoms in total. The van der Waals surface area contributed by atoms with Gasteiger partial charge in [0.25, 0.3) is 0 Å². The van der Waals surface area contributed by atoms with Crippen molar-refractivity contribution in [2.75, 3.05) is 12.1 Å². The van der Waals surface area contributed by atoms with Gasteiger partial charge < -0.3 is 4.74 Å². The first kappa shape index (κ1) is 17.6. The Morgan fingerprint density at radius 3 is 2.12 bits per heavy atom. The lowest BCUT2D eigenvalue weighted by molar-refractivity contribution is 0.415. The third-order valence-electron chi connectivity index (χ3n) is 4.08. The molecule has 0 aromatic heterocycles. The minimum absolute atomic E-state index is 0.855. The highest BCUT2D eigenvalue weighted by Crippen LogP contribution is 2.54. The van der Waals surface area contributed by atoms with Crippen LogP contribution < -0.4 is 9.75 Å². The fourth-order valence-electron chi connectivity index (χ4n) is 2.54. The van der Waals surface area contributed by atoms with Gasteiger partial charge in [0.15, 0.2) is 0 Å². The summed E-state index contributed by atoms with van der Waals surface area (Å²) in [5.41, 5.74) is 2.18. The van der Waals surface area contributed by atoms with Gasteiger partial charge in [0, 0.05) is 5.56 Å². The number of hydrogen-bond donors (Lipinski definition) is 0. The molecule has 0 aliphatic carbocycles. The standard InChI is InChI=1S/C20H18N2OS3/c1-13-14(2)25-20(24-13)19-22(16-7-5-4-6-8-16)21-18(26-19)15-9-11-17(23-3)12-10-15/h4-12H,1-3H3. The molecular weight excluding hydrogens is 380 g/mol. The molecule has 0 spiro atoms. The lowest BCUT2D eigenvalue weighted by Crippen LogP contribution is -2.09. The number of anilines is 1. The Balaban J connectivity index is 1.73. The molecule has 0 bridgehead atoms. The summed E-state index contributed by atoms with van der Waals surface area (Å²) < 4.78 is 6.56. The molecule has 26 heavy (non-hydrogen) atoms. The Hall–Kier alpha value is -1.76. The van der Waals surface area contributed by atoms with Crippen LogP contribution in [0.4, 0.5) is 5.69 Å². The van der Waals surface area contributed by atoms with Crippen molar-refractivity contribution in [2.45, 2.75) is 13.8 Å². The topological polar surface area (TPSA) is 24.8 Å². The van der Waals surface area contributed by atoms with E-state index >= 15 is 0 Å². The van der Waals surface area contributed by atoms with Crippen molar-refractivity contribution >= 4 is 46.0 Å². The SMILES string of the molecule is COc1ccc(C2=NN(c3ccccc3)C(=C3SC(C)=C(C)S3)S2)cc1. The summed E-state index contributed by atoms with van der Waals surface area (Å²) in [5, 5.41) is 9.17. The molecular formula is C20H18N2OS3. The Morgan fingerprint density at radius 2 is 1.50 bits per heavy atom. The van der Waals surface area contributed by atoms with Gasteiger partial charge in [-0.05, 0) is 71.8 Å². The summed E-state index contributed by atoms with van der Waals surface area (Å²) >= 11 is 5.41. The van der Waals surface area contributed by atoms with Gasteiger partial charge in [-0.3, -0.25) is 0 Å². The van der Waals surface area contributed by atoms with Crippen LogP contribution in [0, 0.1) is 0 Å². The van der Waals surface area contributed by atoms with Crippen LogP contribution in [-0.4, -0.2) is 12.2 Å². The smallest absolute Gasteiger partial charge is 0.131 e. The zero-order chi connectivity index (χ0) is 18.1. The second-order valence-electron chi connectivity index (χ2n) is 5.79. The molecule has 2 heterocycles. The summed E-state index contributed by atoms with van der Waals surface area (Å²) in [7, 11) is 1.68. The summed E-state index contributed by atoms with van der Waals surface area (Å²) in [4.78, 5) is 2.73. The van der Waals surface area contributed by atoms with Gasteiger partial charge in [0.05, 0.1) is 17.0 Å². The maximum absolute atomic E-state index is 5.27. The molecule has 0 saturated carbocycles. The number of hydrazone groups is 1. The molecule has 2 aromatic rings. The van der Waals surface area contributed by atoms with Crippen LogP contribution in [0.15, 0.2) is 78.8 Å². The fraction of sp³-hybridized carbons (Fsp3) is 0.150. The van der Waals surface area contributed by atoms with Crippen molar-refractivity contribution in [3.8, 4) is 5.75 Å². The molecule has 6 heteroatoms. The average Bonchev–Trinajstić information content (AvgIpc) is 3.26. The Kier molecular flexibility index (Phi) is 5.07. The van der Waals surface area contributed by atoms with Crippen LogP contribution in [0.3, 0.4) is 0 Å². The first-order valence-corrected chi connectivity index (χ1v) is 10.6. The summed E-state index contributed by atoms with van der Waals surface area (Å²) in [5.74, 6) is 0.855. The molecule has 132 valence electrons. The van der Waals surface area contributed by atoms with Crippen molar-refractivity contribution in [1.82, 2.24) is 0 Å². The summed E-state index contributed by atoms with van der Waals surface area (Å²) in [6.45, 7) is 4.36. The van der Waals surface area contributed by atoms with Crippen molar-refractivity contribution in [2.24, 2.45) is 5.10 Å². The van der Waals surface area contributed by atoms with Crippen molar-refractivity contribution in [1.29, 1.82) is 0 Å². The fourth-order valence-corrected chi connectivity index (χ4v) is 6.28. The van der Waals surface area contributed by atoms with E-state index < -0.39 is 0 Å². The largest absolute Gasteiger partial charge is 0.497 e. The molecule has 2 aliphatic rings. The number of rotatable bonds is 3. The van der Waals surface area contributed by atoms with E-state index in [9.17, 15) is 0 Å². The maximum atomic E-state index is 5.27. The van der Waals surface area contributed by atoms with E-state index in [2.05, 4.69) is 43.1 Å². The average molecular weight is 399 g/mol. The van der Waals surface area contributed by atoms with E-state index in [-0.39, 0.29) is 0 Å². The van der Waals surface area contributed by atoms with Gasteiger partial charge in [-0.1, -0.05) is 41.7 Å². The quantitative estimate of drug-likeness (QED) is 0.590. The minimum atomic E-state index is 0.855. The number of thioether (sulfide) groups is 3. The lowest BCUT2D eigenvalue weighted by Gasteiger charge is -2.16. The monoisotopic (exact) mass is 398 g/mol. The van der Waals surface area contributed by atoms with E-state index in [1.165, 1.54) is 19.1 Å². The van der Waals surface area contributed by atoms with Gasteiger partial charge in [0.2, 0.25) is 0 Å². The van der Waals surface area contributed by atoms with Gasteiger partial charge >= 0.3 is 0 Å². The van der Waals surface area contributed by atoms with Crippen LogP contribution in [0.5, 0.6) is 5.75 Å². The first-order valence-electron chi connectivity index (χ1n) is 8.19. The van der Waals surface area contributed by atoms with Crippen LogP contribution >= 0.6 is 35.3 Å². The van der Waals surface area contributed by atoms with E-state index in [0.29, 0.717) is 0 Å². The number of ether oxygens (including phenoxy) is 1. The van der Waals surface area contributed by atoms with Crippen LogP contribution in [-0.2, 0) is 0 Å². The van der Waals surface area contributed by atoms with Crippen molar-refractivity contribution in [3.05, 3.63) is 79.2 Å². The van der Waals surface area contributed by atoms with E-state index in [4.69, 9.17) is 9.84 Å². The maximum Gasteiger partial charge on any atom is 0.131 e. The molecule has 0 radical (unpaired) electrons. The number of nitrogens with zero attached hydrogens (tertiary/aromatic N) is 2. The van der Waals surface area contributed by atoms with Crippen LogP contribution in [0.1, 0.15) is 19.4 Å². The Morgan fingerprint density at radius 1 is 0.846 bits per heavy atom. The lowest BCUT2D eigenvalue weighted by atomic mass is 10.2. The highest BCUT2D eigenvalue weighted by Gasteiger charge is 2.30. The molecule has 2 aromatic carbocycles. The molecule has 0 atom stereocenters. The van der Waals surface area contributed by atoms with Gasteiger partial charge in [-0.25, -0.2) is 5.01 Å². The Bertz CT molecular complexity index is 902.